The van der Waals surface area contributed by atoms with E-state index in [1.54, 1.807) is 11.3 Å². The van der Waals surface area contributed by atoms with E-state index in [4.69, 9.17) is 0 Å². The number of aromatic nitrogens is 1. The van der Waals surface area contributed by atoms with Gasteiger partial charge in [-0.05, 0) is 54.7 Å². The van der Waals surface area contributed by atoms with Gasteiger partial charge in [0.25, 0.3) is 11.8 Å². The van der Waals surface area contributed by atoms with Crippen molar-refractivity contribution in [1.29, 1.82) is 0 Å². The Bertz CT molecular complexity index is 1490. The Morgan fingerprint density at radius 2 is 1.84 bits per heavy atom. The summed E-state index contributed by atoms with van der Waals surface area (Å²) >= 11 is 5.32. The minimum atomic E-state index is -1.18. The van der Waals surface area contributed by atoms with Crippen LogP contribution in [0.5, 0.6) is 0 Å². The fourth-order valence-electron chi connectivity index (χ4n) is 6.10. The molecule has 2 aliphatic rings. The van der Waals surface area contributed by atoms with Gasteiger partial charge in [-0.3, -0.25) is 9.59 Å². The summed E-state index contributed by atoms with van der Waals surface area (Å²) < 4.78 is 4.15. The first-order valence-corrected chi connectivity index (χ1v) is 15.2. The molecule has 0 saturated heterocycles. The lowest BCUT2D eigenvalue weighted by Gasteiger charge is -2.47. The molecule has 1 aliphatic carbocycles. The van der Waals surface area contributed by atoms with E-state index < -0.39 is 5.54 Å². The summed E-state index contributed by atoms with van der Waals surface area (Å²) in [5.41, 5.74) is 2.35. The highest BCUT2D eigenvalue weighted by molar-refractivity contribution is 9.10. The van der Waals surface area contributed by atoms with Crippen molar-refractivity contribution < 1.29 is 9.59 Å². The van der Waals surface area contributed by atoms with Crippen LogP contribution in [-0.2, 0) is 29.8 Å². The summed E-state index contributed by atoms with van der Waals surface area (Å²) in [6, 6.07) is 22.2. The van der Waals surface area contributed by atoms with Crippen LogP contribution in [0.1, 0.15) is 65.5 Å². The third kappa shape index (κ3) is 4.39. The SMILES string of the molecule is CCc1cc2c(cc3n2C[C@](C(=O)NC2CCCCC2)(c2ccccc2)N(Cc2cccc(Br)c2)C3=O)s1. The first-order valence-electron chi connectivity index (χ1n) is 13.5. The number of nitrogens with zero attached hydrogens (tertiary/aromatic N) is 2. The van der Waals surface area contributed by atoms with Crippen molar-refractivity contribution in [1.82, 2.24) is 14.8 Å². The number of hydrogen-bond donors (Lipinski definition) is 1. The van der Waals surface area contributed by atoms with Crippen molar-refractivity contribution in [3.05, 3.63) is 92.9 Å². The lowest BCUT2D eigenvalue weighted by atomic mass is 9.83. The first-order chi connectivity index (χ1) is 18.5. The maximum Gasteiger partial charge on any atom is 0.272 e. The number of benzene rings is 2. The maximum atomic E-state index is 14.6. The molecule has 1 saturated carbocycles. The predicted molar refractivity (Wildman–Crippen MR) is 156 cm³/mol. The second-order valence-corrected chi connectivity index (χ2v) is 12.6. The van der Waals surface area contributed by atoms with Crippen LogP contribution in [0.15, 0.2) is 71.2 Å². The number of carbonyl (C=O) groups is 2. The number of aryl methyl sites for hydroxylation is 1. The Morgan fingerprint density at radius 3 is 2.58 bits per heavy atom. The number of rotatable bonds is 6. The molecular formula is C31H32BrN3O2S. The van der Waals surface area contributed by atoms with Crippen LogP contribution in [0.2, 0.25) is 0 Å². The number of amides is 2. The molecule has 38 heavy (non-hydrogen) atoms. The zero-order valence-corrected chi connectivity index (χ0v) is 24.0. The summed E-state index contributed by atoms with van der Waals surface area (Å²) in [5, 5.41) is 3.41. The molecular weight excluding hydrogens is 558 g/mol. The quantitative estimate of drug-likeness (QED) is 0.262. The number of fused-ring (bicyclic) bond motifs is 3. The molecule has 6 rings (SSSR count). The van der Waals surface area contributed by atoms with E-state index in [2.05, 4.69) is 38.8 Å². The summed E-state index contributed by atoms with van der Waals surface area (Å²) in [6.07, 6.45) is 6.39. The van der Waals surface area contributed by atoms with Crippen LogP contribution in [-0.4, -0.2) is 27.3 Å². The van der Waals surface area contributed by atoms with Crippen molar-refractivity contribution in [3.63, 3.8) is 0 Å². The zero-order chi connectivity index (χ0) is 26.3. The summed E-state index contributed by atoms with van der Waals surface area (Å²) in [7, 11) is 0. The van der Waals surface area contributed by atoms with Gasteiger partial charge in [-0.2, -0.15) is 0 Å². The number of carbonyl (C=O) groups excluding carboxylic acids is 2. The van der Waals surface area contributed by atoms with Gasteiger partial charge in [-0.15, -0.1) is 11.3 Å². The van der Waals surface area contributed by atoms with Crippen molar-refractivity contribution in [2.75, 3.05) is 0 Å². The maximum absolute atomic E-state index is 14.6. The molecule has 1 fully saturated rings. The molecule has 1 aliphatic heterocycles. The third-order valence-electron chi connectivity index (χ3n) is 8.10. The van der Waals surface area contributed by atoms with Crippen LogP contribution >= 0.6 is 27.3 Å². The van der Waals surface area contributed by atoms with Crippen molar-refractivity contribution in [2.45, 2.75) is 70.1 Å². The molecule has 0 spiro atoms. The number of halogens is 1. The van der Waals surface area contributed by atoms with Crippen LogP contribution in [0.25, 0.3) is 10.2 Å². The first kappa shape index (κ1) is 25.4. The van der Waals surface area contributed by atoms with Gasteiger partial charge in [0, 0.05) is 21.9 Å². The second kappa shape index (κ2) is 10.3. The topological polar surface area (TPSA) is 54.3 Å². The van der Waals surface area contributed by atoms with Crippen LogP contribution in [0.3, 0.4) is 0 Å². The predicted octanol–water partition coefficient (Wildman–Crippen LogP) is 7.03. The second-order valence-electron chi connectivity index (χ2n) is 10.5. The van der Waals surface area contributed by atoms with Gasteiger partial charge in [0.05, 0.1) is 16.8 Å². The Labute approximate surface area is 236 Å². The van der Waals surface area contributed by atoms with Gasteiger partial charge in [-0.1, -0.05) is 84.6 Å². The monoisotopic (exact) mass is 589 g/mol. The molecule has 0 bridgehead atoms. The largest absolute Gasteiger partial charge is 0.351 e. The molecule has 2 amide bonds. The van der Waals surface area contributed by atoms with Gasteiger partial charge in [0.15, 0.2) is 5.54 Å². The minimum absolute atomic E-state index is 0.0857. The molecule has 4 aromatic rings. The molecule has 0 unspecified atom stereocenters. The fourth-order valence-corrected chi connectivity index (χ4v) is 7.59. The van der Waals surface area contributed by atoms with Crippen LogP contribution < -0.4 is 5.32 Å². The van der Waals surface area contributed by atoms with Crippen molar-refractivity contribution in [3.8, 4) is 0 Å². The highest BCUT2D eigenvalue weighted by atomic mass is 79.9. The standard InChI is InChI=1S/C31H32BrN3O2S/c1-2-25-17-26-28(38-25)18-27-29(36)35(19-21-10-9-13-23(32)16-21)31(20-34(26)27,22-11-5-3-6-12-22)30(37)33-24-14-7-4-8-15-24/h3,5-6,9-13,16-18,24H,2,4,7-8,14-15,19-20H2,1H3,(H,33,37)/t31-/m1/s1. The lowest BCUT2D eigenvalue weighted by Crippen LogP contribution is -2.64. The molecule has 1 atom stereocenters. The fraction of sp³-hybridized carbons (Fsp3) is 0.355. The van der Waals surface area contributed by atoms with Crippen LogP contribution in [0, 0.1) is 0 Å². The van der Waals surface area contributed by atoms with E-state index in [1.165, 1.54) is 11.3 Å². The summed E-state index contributed by atoms with van der Waals surface area (Å²) in [6.45, 7) is 2.87. The van der Waals surface area contributed by atoms with Gasteiger partial charge < -0.3 is 14.8 Å². The Balaban J connectivity index is 1.53. The molecule has 5 nitrogen and oxygen atoms in total. The third-order valence-corrected chi connectivity index (χ3v) is 9.81. The number of nitrogens with one attached hydrogen (secondary N) is 1. The van der Waals surface area contributed by atoms with Crippen molar-refractivity contribution in [2.24, 2.45) is 0 Å². The van der Waals surface area contributed by atoms with Crippen LogP contribution in [0.4, 0.5) is 0 Å². The van der Waals surface area contributed by atoms with E-state index >= 15 is 0 Å². The number of thiophene rings is 1. The Hall–Kier alpha value is -2.90. The molecule has 7 heteroatoms. The molecule has 2 aromatic heterocycles. The van der Waals surface area contributed by atoms with E-state index in [1.807, 2.05) is 65.6 Å². The normalized spacial score (nSPS) is 20.1. The smallest absolute Gasteiger partial charge is 0.272 e. The Morgan fingerprint density at radius 1 is 1.05 bits per heavy atom. The molecule has 0 radical (unpaired) electrons. The average molecular weight is 591 g/mol. The highest BCUT2D eigenvalue weighted by Crippen LogP contribution is 2.42. The van der Waals surface area contributed by atoms with E-state index in [0.717, 1.165) is 57.9 Å². The zero-order valence-electron chi connectivity index (χ0n) is 21.6. The minimum Gasteiger partial charge on any atom is -0.351 e. The van der Waals surface area contributed by atoms with Gasteiger partial charge in [0.1, 0.15) is 5.69 Å². The molecule has 1 N–H and O–H groups in total. The average Bonchev–Trinajstić information content (AvgIpc) is 3.49. The van der Waals surface area contributed by atoms with Gasteiger partial charge in [-0.25, -0.2) is 0 Å². The highest BCUT2D eigenvalue weighted by Gasteiger charge is 2.53. The molecule has 3 heterocycles. The number of hydrogen-bond acceptors (Lipinski definition) is 3. The summed E-state index contributed by atoms with van der Waals surface area (Å²) in [5.74, 6) is -0.197. The Kier molecular flexibility index (Phi) is 6.91. The van der Waals surface area contributed by atoms with Gasteiger partial charge >= 0.3 is 0 Å². The van der Waals surface area contributed by atoms with Crippen molar-refractivity contribution >= 4 is 49.3 Å². The van der Waals surface area contributed by atoms with Gasteiger partial charge in [0.2, 0.25) is 0 Å². The van der Waals surface area contributed by atoms with E-state index in [9.17, 15) is 9.59 Å². The van der Waals surface area contributed by atoms with E-state index in [0.29, 0.717) is 18.8 Å². The molecule has 196 valence electrons. The molecule has 2 aromatic carbocycles. The lowest BCUT2D eigenvalue weighted by molar-refractivity contribution is -0.136. The summed E-state index contributed by atoms with van der Waals surface area (Å²) in [4.78, 5) is 32.1. The van der Waals surface area contributed by atoms with E-state index in [-0.39, 0.29) is 17.9 Å².